The van der Waals surface area contributed by atoms with Crippen molar-refractivity contribution in [3.8, 4) is 0 Å². The largest absolute Gasteiger partial charge is 0.322 e. The fraction of sp³-hybridized carbons (Fsp3) is 0.316. The summed E-state index contributed by atoms with van der Waals surface area (Å²) in [5, 5.41) is 2.79. The molecule has 138 valence electrons. The molecule has 7 heteroatoms. The molecule has 1 amide bonds. The second-order valence-corrected chi connectivity index (χ2v) is 9.25. The van der Waals surface area contributed by atoms with Gasteiger partial charge in [-0.15, -0.1) is 0 Å². The van der Waals surface area contributed by atoms with Gasteiger partial charge in [0.1, 0.15) is 0 Å². The van der Waals surface area contributed by atoms with Gasteiger partial charge >= 0.3 is 0 Å². The molecule has 0 aliphatic carbocycles. The molecule has 2 aromatic rings. The number of rotatable bonds is 4. The minimum atomic E-state index is -3.52. The highest BCUT2D eigenvalue weighted by atomic mass is 79.9. The maximum absolute atomic E-state index is 12.8. The number of nitrogens with one attached hydrogen (secondary N) is 1. The summed E-state index contributed by atoms with van der Waals surface area (Å²) in [6.07, 6.45) is 2.83. The minimum Gasteiger partial charge on any atom is -0.322 e. The molecule has 0 spiro atoms. The van der Waals surface area contributed by atoms with Crippen LogP contribution < -0.4 is 5.32 Å². The van der Waals surface area contributed by atoms with Crippen LogP contribution >= 0.6 is 15.9 Å². The summed E-state index contributed by atoms with van der Waals surface area (Å²) in [5.74, 6) is -0.275. The fourth-order valence-electron chi connectivity index (χ4n) is 3.08. The lowest BCUT2D eigenvalue weighted by atomic mass is 10.1. The van der Waals surface area contributed by atoms with Crippen molar-refractivity contribution in [2.45, 2.75) is 37.1 Å². The van der Waals surface area contributed by atoms with Crippen molar-refractivity contribution < 1.29 is 13.2 Å². The van der Waals surface area contributed by atoms with Crippen LogP contribution in [0.1, 0.15) is 36.5 Å². The number of hydrogen-bond acceptors (Lipinski definition) is 3. The molecule has 1 saturated heterocycles. The standard InChI is InChI=1S/C19H21BrN2O3S/c1-14-4-2-3-13-22(14)26(24,25)18-11-5-15(6-12-18)19(23)21-17-9-7-16(20)8-10-17/h5-12,14H,2-4,13H2,1H3,(H,21,23)/t14-/m1/s1. The normalized spacial score (nSPS) is 18.5. The Morgan fingerprint density at radius 1 is 1.08 bits per heavy atom. The topological polar surface area (TPSA) is 66.5 Å². The average molecular weight is 437 g/mol. The molecule has 1 aliphatic heterocycles. The van der Waals surface area contributed by atoms with Gasteiger partial charge in [0, 0.05) is 28.3 Å². The van der Waals surface area contributed by atoms with Crippen molar-refractivity contribution in [2.75, 3.05) is 11.9 Å². The van der Waals surface area contributed by atoms with E-state index >= 15 is 0 Å². The molecule has 1 fully saturated rings. The van der Waals surface area contributed by atoms with Gasteiger partial charge in [0.25, 0.3) is 5.91 Å². The van der Waals surface area contributed by atoms with Crippen LogP contribution in [0.2, 0.25) is 0 Å². The molecule has 1 aliphatic rings. The third kappa shape index (κ3) is 4.16. The summed E-state index contributed by atoms with van der Waals surface area (Å²) in [6, 6.07) is 13.4. The third-order valence-electron chi connectivity index (χ3n) is 4.57. The number of carbonyl (C=O) groups excluding carboxylic acids is 1. The molecular formula is C19H21BrN2O3S. The van der Waals surface area contributed by atoms with Crippen LogP contribution in [0.5, 0.6) is 0 Å². The SMILES string of the molecule is C[C@@H]1CCCCN1S(=O)(=O)c1ccc(C(=O)Nc2ccc(Br)cc2)cc1. The quantitative estimate of drug-likeness (QED) is 0.777. The number of anilines is 1. The van der Waals surface area contributed by atoms with Gasteiger partial charge in [-0.05, 0) is 68.3 Å². The van der Waals surface area contributed by atoms with E-state index in [2.05, 4.69) is 21.2 Å². The molecule has 3 rings (SSSR count). The van der Waals surface area contributed by atoms with E-state index in [0.717, 1.165) is 23.7 Å². The molecular weight excluding hydrogens is 416 g/mol. The maximum Gasteiger partial charge on any atom is 0.255 e. The maximum atomic E-state index is 12.8. The van der Waals surface area contributed by atoms with Crippen LogP contribution in [-0.2, 0) is 10.0 Å². The zero-order valence-corrected chi connectivity index (χ0v) is 16.9. The zero-order chi connectivity index (χ0) is 18.7. The Kier molecular flexibility index (Phi) is 5.79. The van der Waals surface area contributed by atoms with Crippen LogP contribution in [0.25, 0.3) is 0 Å². The van der Waals surface area contributed by atoms with Crippen molar-refractivity contribution in [1.29, 1.82) is 0 Å². The lowest BCUT2D eigenvalue weighted by molar-refractivity contribution is 0.102. The van der Waals surface area contributed by atoms with Crippen LogP contribution in [0.3, 0.4) is 0 Å². The van der Waals surface area contributed by atoms with E-state index < -0.39 is 10.0 Å². The van der Waals surface area contributed by atoms with Gasteiger partial charge in [0.2, 0.25) is 10.0 Å². The van der Waals surface area contributed by atoms with Gasteiger partial charge in [0.05, 0.1) is 4.90 Å². The van der Waals surface area contributed by atoms with E-state index in [-0.39, 0.29) is 16.8 Å². The first-order valence-electron chi connectivity index (χ1n) is 8.57. The lowest BCUT2D eigenvalue weighted by Gasteiger charge is -2.32. The Hall–Kier alpha value is -1.70. The van der Waals surface area contributed by atoms with Crippen molar-refractivity contribution in [3.63, 3.8) is 0 Å². The lowest BCUT2D eigenvalue weighted by Crippen LogP contribution is -2.41. The Balaban J connectivity index is 1.75. The van der Waals surface area contributed by atoms with E-state index in [1.807, 2.05) is 19.1 Å². The van der Waals surface area contributed by atoms with Crippen molar-refractivity contribution >= 4 is 37.5 Å². The molecule has 0 unspecified atom stereocenters. The predicted octanol–water partition coefficient (Wildman–Crippen LogP) is 4.26. The zero-order valence-electron chi connectivity index (χ0n) is 14.5. The second-order valence-electron chi connectivity index (χ2n) is 6.45. The average Bonchev–Trinajstić information content (AvgIpc) is 2.64. The Labute approximate surface area is 162 Å². The first-order valence-corrected chi connectivity index (χ1v) is 10.8. The van der Waals surface area contributed by atoms with Gasteiger partial charge in [0.15, 0.2) is 0 Å². The summed E-state index contributed by atoms with van der Waals surface area (Å²) < 4.78 is 28.1. The Morgan fingerprint density at radius 2 is 1.73 bits per heavy atom. The number of hydrogen-bond donors (Lipinski definition) is 1. The molecule has 0 aromatic heterocycles. The molecule has 26 heavy (non-hydrogen) atoms. The number of amides is 1. The molecule has 1 atom stereocenters. The van der Waals surface area contributed by atoms with Gasteiger partial charge in [-0.25, -0.2) is 8.42 Å². The van der Waals surface area contributed by atoms with Crippen LogP contribution in [-0.4, -0.2) is 31.2 Å². The molecule has 1 N–H and O–H groups in total. The number of benzene rings is 2. The number of sulfonamides is 1. The van der Waals surface area contributed by atoms with Gasteiger partial charge < -0.3 is 5.32 Å². The van der Waals surface area contributed by atoms with E-state index in [1.165, 1.54) is 12.1 Å². The Bertz CT molecular complexity index is 880. The Morgan fingerprint density at radius 3 is 2.35 bits per heavy atom. The van der Waals surface area contributed by atoms with Crippen LogP contribution in [0.15, 0.2) is 57.9 Å². The van der Waals surface area contributed by atoms with Gasteiger partial charge in [-0.1, -0.05) is 22.4 Å². The van der Waals surface area contributed by atoms with E-state index in [0.29, 0.717) is 17.8 Å². The smallest absolute Gasteiger partial charge is 0.255 e. The molecule has 2 aromatic carbocycles. The summed E-state index contributed by atoms with van der Waals surface area (Å²) in [7, 11) is -3.52. The van der Waals surface area contributed by atoms with Crippen molar-refractivity contribution in [2.24, 2.45) is 0 Å². The van der Waals surface area contributed by atoms with Crippen molar-refractivity contribution in [3.05, 3.63) is 58.6 Å². The minimum absolute atomic E-state index is 0.00845. The number of carbonyl (C=O) groups is 1. The highest BCUT2D eigenvalue weighted by Crippen LogP contribution is 2.25. The molecule has 0 saturated carbocycles. The molecule has 5 nitrogen and oxygen atoms in total. The van der Waals surface area contributed by atoms with Gasteiger partial charge in [-0.2, -0.15) is 4.31 Å². The second kappa shape index (κ2) is 7.90. The van der Waals surface area contributed by atoms with Gasteiger partial charge in [-0.3, -0.25) is 4.79 Å². The van der Waals surface area contributed by atoms with E-state index in [1.54, 1.807) is 28.6 Å². The summed E-state index contributed by atoms with van der Waals surface area (Å²) in [4.78, 5) is 12.6. The monoisotopic (exact) mass is 436 g/mol. The summed E-state index contributed by atoms with van der Waals surface area (Å²) in [5.41, 5.74) is 1.09. The number of piperidine rings is 1. The summed E-state index contributed by atoms with van der Waals surface area (Å²) >= 11 is 3.35. The molecule has 0 radical (unpaired) electrons. The predicted molar refractivity (Wildman–Crippen MR) is 106 cm³/mol. The van der Waals surface area contributed by atoms with E-state index in [9.17, 15) is 13.2 Å². The fourth-order valence-corrected chi connectivity index (χ4v) is 5.04. The third-order valence-corrected chi connectivity index (χ3v) is 7.12. The van der Waals surface area contributed by atoms with Crippen LogP contribution in [0.4, 0.5) is 5.69 Å². The van der Waals surface area contributed by atoms with Crippen LogP contribution in [0, 0.1) is 0 Å². The first kappa shape index (κ1) is 19.1. The first-order chi connectivity index (χ1) is 12.4. The highest BCUT2D eigenvalue weighted by Gasteiger charge is 2.30. The highest BCUT2D eigenvalue weighted by molar-refractivity contribution is 9.10. The molecule has 1 heterocycles. The summed E-state index contributed by atoms with van der Waals surface area (Å²) in [6.45, 7) is 2.49. The van der Waals surface area contributed by atoms with Crippen molar-refractivity contribution in [1.82, 2.24) is 4.31 Å². The number of halogens is 1. The molecule has 0 bridgehead atoms. The van der Waals surface area contributed by atoms with E-state index in [4.69, 9.17) is 0 Å². The number of nitrogens with zero attached hydrogens (tertiary/aromatic N) is 1.